The van der Waals surface area contributed by atoms with Gasteiger partial charge in [0.25, 0.3) is 0 Å². The van der Waals surface area contributed by atoms with E-state index in [9.17, 15) is 19.8 Å². The van der Waals surface area contributed by atoms with Crippen LogP contribution in [-0.2, 0) is 9.59 Å². The number of nitrogens with zero attached hydrogens (tertiary/aromatic N) is 2. The maximum absolute atomic E-state index is 12.0. The van der Waals surface area contributed by atoms with Crippen molar-refractivity contribution in [2.24, 2.45) is 0 Å². The van der Waals surface area contributed by atoms with Gasteiger partial charge in [-0.15, -0.1) is 0 Å². The molecule has 0 spiro atoms. The summed E-state index contributed by atoms with van der Waals surface area (Å²) in [6.45, 7) is 3.70. The van der Waals surface area contributed by atoms with Gasteiger partial charge in [0, 0.05) is 29.5 Å². The molecule has 1 aromatic heterocycles. The van der Waals surface area contributed by atoms with E-state index in [4.69, 9.17) is 0 Å². The predicted molar refractivity (Wildman–Crippen MR) is 99.3 cm³/mol. The summed E-state index contributed by atoms with van der Waals surface area (Å²) >= 11 is 0. The van der Waals surface area contributed by atoms with E-state index in [1.165, 1.54) is 0 Å². The molecule has 0 unspecified atom stereocenters. The second-order valence-corrected chi connectivity index (χ2v) is 6.22. The van der Waals surface area contributed by atoms with Crippen LogP contribution >= 0.6 is 0 Å². The molecule has 3 rings (SSSR count). The monoisotopic (exact) mass is 367 g/mol. The van der Waals surface area contributed by atoms with Gasteiger partial charge >= 0.3 is 11.9 Å². The molecule has 0 bridgehead atoms. The summed E-state index contributed by atoms with van der Waals surface area (Å²) in [4.78, 5) is 28.0. The molecule has 0 fully saturated rings. The zero-order valence-corrected chi connectivity index (χ0v) is 15.1. The van der Waals surface area contributed by atoms with E-state index in [1.807, 2.05) is 30.5 Å². The number of imidazole rings is 1. The summed E-state index contributed by atoms with van der Waals surface area (Å²) in [5, 5.41) is 22.7. The third-order valence-corrected chi connectivity index (χ3v) is 4.73. The van der Waals surface area contributed by atoms with Gasteiger partial charge in [0.05, 0.1) is 23.4 Å². The number of hydrogen-bond donors (Lipinski definition) is 3. The van der Waals surface area contributed by atoms with Crippen LogP contribution in [0.1, 0.15) is 38.2 Å². The first kappa shape index (κ1) is 18.4. The Bertz CT molecular complexity index is 887. The first-order valence-electron chi connectivity index (χ1n) is 8.75. The van der Waals surface area contributed by atoms with E-state index in [0.29, 0.717) is 29.8 Å². The lowest BCUT2D eigenvalue weighted by Crippen LogP contribution is -2.32. The number of allylic oxidation sites excluding steroid dienone is 2. The van der Waals surface area contributed by atoms with Crippen LogP contribution in [0.25, 0.3) is 5.69 Å². The minimum absolute atomic E-state index is 0.0856. The fourth-order valence-electron chi connectivity index (χ4n) is 3.46. The number of rotatable bonds is 6. The largest absolute Gasteiger partial charge is 0.478 e. The van der Waals surface area contributed by atoms with Crippen molar-refractivity contribution in [3.8, 4) is 5.69 Å². The molecule has 2 aromatic rings. The molecule has 0 radical (unpaired) electrons. The molecule has 1 aliphatic heterocycles. The van der Waals surface area contributed by atoms with Crippen LogP contribution in [-0.4, -0.2) is 31.7 Å². The molecule has 1 aromatic carbocycles. The van der Waals surface area contributed by atoms with E-state index in [-0.39, 0.29) is 11.1 Å². The van der Waals surface area contributed by atoms with Crippen LogP contribution in [0.2, 0.25) is 0 Å². The van der Waals surface area contributed by atoms with Crippen LogP contribution in [0, 0.1) is 0 Å². The fraction of sp³-hybridized carbons (Fsp3) is 0.250. The van der Waals surface area contributed by atoms with Gasteiger partial charge in [0.15, 0.2) is 0 Å². The second kappa shape index (κ2) is 7.49. The molecule has 0 aliphatic carbocycles. The number of benzene rings is 1. The lowest BCUT2D eigenvalue weighted by molar-refractivity contribution is -0.133. The maximum Gasteiger partial charge on any atom is 0.334 e. The Labute approximate surface area is 156 Å². The molecule has 7 nitrogen and oxygen atoms in total. The predicted octanol–water partition coefficient (Wildman–Crippen LogP) is 3.06. The molecule has 3 N–H and O–H groups in total. The van der Waals surface area contributed by atoms with Crippen LogP contribution in [0.5, 0.6) is 0 Å². The Morgan fingerprint density at radius 2 is 1.59 bits per heavy atom. The van der Waals surface area contributed by atoms with Crippen LogP contribution in [0.3, 0.4) is 0 Å². The van der Waals surface area contributed by atoms with Crippen molar-refractivity contribution >= 4 is 11.9 Å². The van der Waals surface area contributed by atoms with Crippen molar-refractivity contribution in [3.63, 3.8) is 0 Å². The second-order valence-electron chi connectivity index (χ2n) is 6.22. The smallest absolute Gasteiger partial charge is 0.334 e. The third kappa shape index (κ3) is 3.36. The van der Waals surface area contributed by atoms with E-state index >= 15 is 0 Å². The summed E-state index contributed by atoms with van der Waals surface area (Å²) in [6.07, 6.45) is 6.08. The molecule has 0 amide bonds. The van der Waals surface area contributed by atoms with E-state index in [0.717, 1.165) is 5.69 Å². The number of carboxylic acids is 2. The first-order chi connectivity index (χ1) is 13.0. The average Bonchev–Trinajstić information content (AvgIpc) is 3.20. The molecular formula is C20H21N3O4. The Morgan fingerprint density at radius 3 is 2.00 bits per heavy atom. The van der Waals surface area contributed by atoms with Crippen molar-refractivity contribution in [2.45, 2.75) is 32.6 Å². The van der Waals surface area contributed by atoms with E-state index in [1.54, 1.807) is 30.9 Å². The summed E-state index contributed by atoms with van der Waals surface area (Å²) in [5.41, 5.74) is 2.76. The number of nitrogens with one attached hydrogen (secondary N) is 1. The van der Waals surface area contributed by atoms with Gasteiger partial charge in [0.1, 0.15) is 0 Å². The van der Waals surface area contributed by atoms with Crippen LogP contribution in [0.15, 0.2) is 65.5 Å². The van der Waals surface area contributed by atoms with Crippen LogP contribution < -0.4 is 5.32 Å². The standard InChI is InChI=1S/C20H21N3O4/c1-3-14-17(19(24)25)16(18(20(26)27)15(4-2)22-14)12-5-7-13(8-6-12)23-10-9-21-11-23/h5-11,16,22H,3-4H2,1-2H3,(H,24,25)(H,26,27). The highest BCUT2D eigenvalue weighted by molar-refractivity contribution is 5.98. The number of aliphatic carboxylic acids is 2. The van der Waals surface area contributed by atoms with Gasteiger partial charge in [-0.05, 0) is 30.5 Å². The van der Waals surface area contributed by atoms with E-state index < -0.39 is 17.9 Å². The molecule has 0 atom stereocenters. The zero-order valence-electron chi connectivity index (χ0n) is 15.1. The Balaban J connectivity index is 2.15. The fourth-order valence-corrected chi connectivity index (χ4v) is 3.46. The highest BCUT2D eigenvalue weighted by atomic mass is 16.4. The normalized spacial score (nSPS) is 15.0. The quantitative estimate of drug-likeness (QED) is 0.725. The molecule has 0 saturated carbocycles. The highest BCUT2D eigenvalue weighted by Crippen LogP contribution is 2.39. The highest BCUT2D eigenvalue weighted by Gasteiger charge is 2.37. The summed E-state index contributed by atoms with van der Waals surface area (Å²) in [6, 6.07) is 7.21. The SMILES string of the molecule is CCC1=C(C(=O)O)C(c2ccc(-n3ccnc3)cc2)C(C(=O)O)=C(CC)N1. The van der Waals surface area contributed by atoms with Gasteiger partial charge in [-0.3, -0.25) is 0 Å². The van der Waals surface area contributed by atoms with Crippen molar-refractivity contribution in [2.75, 3.05) is 0 Å². The average molecular weight is 367 g/mol. The van der Waals surface area contributed by atoms with Crippen molar-refractivity contribution < 1.29 is 19.8 Å². The summed E-state index contributed by atoms with van der Waals surface area (Å²) in [5.74, 6) is -3.06. The van der Waals surface area contributed by atoms with Gasteiger partial charge in [-0.25, -0.2) is 14.6 Å². The molecule has 0 saturated heterocycles. The zero-order chi connectivity index (χ0) is 19.6. The minimum Gasteiger partial charge on any atom is -0.478 e. The molecule has 7 heteroatoms. The van der Waals surface area contributed by atoms with Gasteiger partial charge in [0.2, 0.25) is 0 Å². The number of hydrogen-bond acceptors (Lipinski definition) is 4. The topological polar surface area (TPSA) is 104 Å². The number of dihydropyridines is 1. The van der Waals surface area contributed by atoms with Gasteiger partial charge in [-0.1, -0.05) is 26.0 Å². The molecule has 2 heterocycles. The molecule has 1 aliphatic rings. The third-order valence-electron chi connectivity index (χ3n) is 4.73. The van der Waals surface area contributed by atoms with E-state index in [2.05, 4.69) is 10.3 Å². The van der Waals surface area contributed by atoms with Gasteiger partial charge in [-0.2, -0.15) is 0 Å². The van der Waals surface area contributed by atoms with Crippen LogP contribution in [0.4, 0.5) is 0 Å². The van der Waals surface area contributed by atoms with Gasteiger partial charge < -0.3 is 20.1 Å². The van der Waals surface area contributed by atoms with Crippen molar-refractivity contribution in [1.82, 2.24) is 14.9 Å². The minimum atomic E-state index is -1.11. The molecule has 27 heavy (non-hydrogen) atoms. The maximum atomic E-state index is 12.0. The van der Waals surface area contributed by atoms with Crippen molar-refractivity contribution in [1.29, 1.82) is 0 Å². The van der Waals surface area contributed by atoms with Crippen molar-refractivity contribution in [3.05, 3.63) is 71.1 Å². The Kier molecular flexibility index (Phi) is 5.12. The molecule has 140 valence electrons. The Morgan fingerprint density at radius 1 is 1.04 bits per heavy atom. The summed E-state index contributed by atoms with van der Waals surface area (Å²) in [7, 11) is 0. The molecular weight excluding hydrogens is 346 g/mol. The Hall–Kier alpha value is -3.35. The number of carbonyl (C=O) groups is 2. The lowest BCUT2D eigenvalue weighted by Gasteiger charge is -2.30. The first-order valence-corrected chi connectivity index (χ1v) is 8.75. The summed E-state index contributed by atoms with van der Waals surface area (Å²) < 4.78 is 1.82. The lowest BCUT2D eigenvalue weighted by atomic mass is 9.79. The number of aromatic nitrogens is 2. The number of carboxylic acid groups (broad SMARTS) is 2.